The van der Waals surface area contributed by atoms with E-state index in [1.54, 1.807) is 0 Å². The summed E-state index contributed by atoms with van der Waals surface area (Å²) in [7, 11) is 1.19. The summed E-state index contributed by atoms with van der Waals surface area (Å²) < 4.78 is 20.1. The minimum atomic E-state index is -4.20. The Labute approximate surface area is 82.8 Å². The Morgan fingerprint density at radius 3 is 2.64 bits per heavy atom. The summed E-state index contributed by atoms with van der Waals surface area (Å²) in [5.74, 6) is 0. The van der Waals surface area contributed by atoms with Gasteiger partial charge in [0.25, 0.3) is 0 Å². The Morgan fingerprint density at radius 1 is 1.71 bits per heavy atom. The van der Waals surface area contributed by atoms with Gasteiger partial charge < -0.3 is 24.4 Å². The lowest BCUT2D eigenvalue weighted by atomic mass is 9.84. The summed E-state index contributed by atoms with van der Waals surface area (Å²) in [6, 6.07) is -0.899. The van der Waals surface area contributed by atoms with Crippen molar-refractivity contribution in [3.05, 3.63) is 0 Å². The molecule has 6 nitrogen and oxygen atoms in total. The standard InChI is InChI=1S/C6H12BO6P/c1-6(8)2-4(13-5(6)7)12-3-14(9,10)11/h4-5,8H,2-3H2,1H3,(H2,9,10,11). The average molecular weight is 222 g/mol. The number of rotatable bonds is 3. The highest BCUT2D eigenvalue weighted by Gasteiger charge is 2.41. The highest BCUT2D eigenvalue weighted by molar-refractivity contribution is 7.51. The first kappa shape index (κ1) is 12.2. The van der Waals surface area contributed by atoms with E-state index in [0.717, 1.165) is 0 Å². The number of aliphatic hydroxyl groups is 1. The number of hydrogen-bond donors (Lipinski definition) is 3. The molecule has 1 aliphatic heterocycles. The molecule has 1 saturated heterocycles. The van der Waals surface area contributed by atoms with Crippen LogP contribution in [0.1, 0.15) is 13.3 Å². The van der Waals surface area contributed by atoms with Crippen LogP contribution in [0.5, 0.6) is 0 Å². The largest absolute Gasteiger partial charge is 0.388 e. The van der Waals surface area contributed by atoms with Crippen LogP contribution in [-0.2, 0) is 14.0 Å². The van der Waals surface area contributed by atoms with Crippen molar-refractivity contribution in [3.8, 4) is 0 Å². The lowest BCUT2D eigenvalue weighted by molar-refractivity contribution is -0.109. The zero-order chi connectivity index (χ0) is 11.0. The first-order chi connectivity index (χ1) is 6.21. The van der Waals surface area contributed by atoms with E-state index in [-0.39, 0.29) is 6.42 Å². The summed E-state index contributed by atoms with van der Waals surface area (Å²) in [6.45, 7) is 1.47. The third-order valence-electron chi connectivity index (χ3n) is 1.92. The van der Waals surface area contributed by atoms with E-state index in [9.17, 15) is 9.67 Å². The molecule has 0 aromatic rings. The fourth-order valence-corrected chi connectivity index (χ4v) is 1.45. The Kier molecular flexibility index (Phi) is 3.41. The second kappa shape index (κ2) is 3.92. The van der Waals surface area contributed by atoms with Crippen LogP contribution in [0.2, 0.25) is 0 Å². The Morgan fingerprint density at radius 2 is 2.29 bits per heavy atom. The van der Waals surface area contributed by atoms with Crippen LogP contribution in [0.3, 0.4) is 0 Å². The summed E-state index contributed by atoms with van der Waals surface area (Å²) in [4.78, 5) is 17.0. The highest BCUT2D eigenvalue weighted by atomic mass is 31.2. The summed E-state index contributed by atoms with van der Waals surface area (Å²) in [6.07, 6.45) is -1.51. The molecule has 1 rings (SSSR count). The fourth-order valence-electron chi connectivity index (χ4n) is 1.09. The molecular formula is C6H12BO6P. The second-order valence-electron chi connectivity index (χ2n) is 3.51. The van der Waals surface area contributed by atoms with E-state index < -0.39 is 31.8 Å². The van der Waals surface area contributed by atoms with Gasteiger partial charge in [0.2, 0.25) is 0 Å². The molecule has 0 amide bonds. The van der Waals surface area contributed by atoms with Gasteiger partial charge >= 0.3 is 7.60 Å². The molecule has 0 saturated carbocycles. The zero-order valence-electron chi connectivity index (χ0n) is 7.66. The van der Waals surface area contributed by atoms with Gasteiger partial charge in [0.15, 0.2) is 12.6 Å². The van der Waals surface area contributed by atoms with Crippen molar-refractivity contribution >= 4 is 15.4 Å². The van der Waals surface area contributed by atoms with Gasteiger partial charge in [0, 0.05) is 12.4 Å². The van der Waals surface area contributed by atoms with E-state index in [0.29, 0.717) is 0 Å². The van der Waals surface area contributed by atoms with Crippen LogP contribution in [0.4, 0.5) is 0 Å². The van der Waals surface area contributed by atoms with Crippen molar-refractivity contribution < 1.29 is 28.9 Å². The van der Waals surface area contributed by atoms with Crippen molar-refractivity contribution in [2.24, 2.45) is 0 Å². The third-order valence-corrected chi connectivity index (χ3v) is 2.41. The number of hydrogen-bond acceptors (Lipinski definition) is 4. The maximum atomic E-state index is 10.5. The molecule has 80 valence electrons. The van der Waals surface area contributed by atoms with Crippen molar-refractivity contribution in [2.45, 2.75) is 31.2 Å². The van der Waals surface area contributed by atoms with Gasteiger partial charge in [0.1, 0.15) is 7.85 Å². The van der Waals surface area contributed by atoms with E-state index in [4.69, 9.17) is 27.1 Å². The quantitative estimate of drug-likeness (QED) is 0.424. The van der Waals surface area contributed by atoms with Crippen molar-refractivity contribution in [1.82, 2.24) is 0 Å². The van der Waals surface area contributed by atoms with Crippen LogP contribution >= 0.6 is 7.60 Å². The summed E-state index contributed by atoms with van der Waals surface area (Å²) in [5.41, 5.74) is -1.22. The van der Waals surface area contributed by atoms with E-state index in [2.05, 4.69) is 0 Å². The Hall–Kier alpha value is 0.0949. The minimum Gasteiger partial charge on any atom is -0.388 e. The minimum absolute atomic E-state index is 0.0914. The highest BCUT2D eigenvalue weighted by Crippen LogP contribution is 2.37. The normalized spacial score (nSPS) is 38.9. The molecule has 3 unspecified atom stereocenters. The van der Waals surface area contributed by atoms with Crippen molar-refractivity contribution in [1.29, 1.82) is 0 Å². The molecule has 0 aliphatic carbocycles. The molecule has 0 spiro atoms. The van der Waals surface area contributed by atoms with Crippen LogP contribution in [0.15, 0.2) is 0 Å². The molecule has 1 aliphatic rings. The summed E-state index contributed by atoms with van der Waals surface area (Å²) >= 11 is 0. The van der Waals surface area contributed by atoms with Crippen LogP contribution in [-0.4, -0.2) is 47.0 Å². The topological polar surface area (TPSA) is 96.2 Å². The van der Waals surface area contributed by atoms with Gasteiger partial charge in [-0.15, -0.1) is 0 Å². The molecule has 1 fully saturated rings. The molecule has 3 N–H and O–H groups in total. The SMILES string of the molecule is [B]C1OC(OCP(=O)(O)O)CC1(C)O. The van der Waals surface area contributed by atoms with Gasteiger partial charge in [-0.1, -0.05) is 0 Å². The molecule has 3 atom stereocenters. The predicted octanol–water partition coefficient (Wildman–Crippen LogP) is -0.870. The van der Waals surface area contributed by atoms with E-state index in [1.807, 2.05) is 0 Å². The fraction of sp³-hybridized carbons (Fsp3) is 1.00. The summed E-state index contributed by atoms with van der Waals surface area (Å²) in [5, 5.41) is 9.54. The molecule has 8 heteroatoms. The van der Waals surface area contributed by atoms with Crippen LogP contribution in [0, 0.1) is 0 Å². The van der Waals surface area contributed by atoms with Gasteiger partial charge in [-0.2, -0.15) is 0 Å². The smallest absolute Gasteiger partial charge is 0.351 e. The molecular weight excluding hydrogens is 210 g/mol. The molecule has 2 radical (unpaired) electrons. The second-order valence-corrected chi connectivity index (χ2v) is 5.10. The van der Waals surface area contributed by atoms with E-state index >= 15 is 0 Å². The third kappa shape index (κ3) is 3.35. The molecule has 14 heavy (non-hydrogen) atoms. The lowest BCUT2D eigenvalue weighted by Gasteiger charge is -2.19. The maximum absolute atomic E-state index is 10.5. The van der Waals surface area contributed by atoms with Gasteiger partial charge in [-0.3, -0.25) is 4.57 Å². The van der Waals surface area contributed by atoms with Gasteiger partial charge in [0.05, 0.1) is 5.60 Å². The van der Waals surface area contributed by atoms with Crippen molar-refractivity contribution in [3.63, 3.8) is 0 Å². The number of ether oxygens (including phenoxy) is 2. The first-order valence-corrected chi connectivity index (χ1v) is 5.80. The predicted molar refractivity (Wildman–Crippen MR) is 47.7 cm³/mol. The molecule has 0 aromatic heterocycles. The van der Waals surface area contributed by atoms with Crippen molar-refractivity contribution in [2.75, 3.05) is 6.35 Å². The van der Waals surface area contributed by atoms with Gasteiger partial charge in [-0.25, -0.2) is 0 Å². The Bertz CT molecular complexity index is 251. The Balaban J connectivity index is 2.40. The van der Waals surface area contributed by atoms with E-state index in [1.165, 1.54) is 6.92 Å². The molecule has 0 aromatic carbocycles. The van der Waals surface area contributed by atoms with Crippen LogP contribution < -0.4 is 0 Å². The lowest BCUT2D eigenvalue weighted by Crippen LogP contribution is -2.34. The average Bonchev–Trinajstić information content (AvgIpc) is 2.21. The monoisotopic (exact) mass is 222 g/mol. The molecule has 0 bridgehead atoms. The maximum Gasteiger partial charge on any atom is 0.351 e. The zero-order valence-corrected chi connectivity index (χ0v) is 8.55. The van der Waals surface area contributed by atoms with Gasteiger partial charge in [-0.05, 0) is 6.92 Å². The molecule has 1 heterocycles. The van der Waals surface area contributed by atoms with Crippen LogP contribution in [0.25, 0.3) is 0 Å². The first-order valence-electron chi connectivity index (χ1n) is 4.00.